The van der Waals surface area contributed by atoms with E-state index in [2.05, 4.69) is 0 Å². The third kappa shape index (κ3) is 3.81. The Kier molecular flexibility index (Phi) is 4.82. The van der Waals surface area contributed by atoms with Crippen LogP contribution in [0.1, 0.15) is 5.56 Å². The number of halogens is 1. The van der Waals surface area contributed by atoms with Crippen LogP contribution in [0.15, 0.2) is 18.2 Å². The summed E-state index contributed by atoms with van der Waals surface area (Å²) in [5.74, 6) is -0.562. The fraction of sp³-hybridized carbons (Fsp3) is 0.600. The smallest absolute Gasteiger partial charge is 0.211 e. The number of methoxy groups -OCH3 is 1. The molecule has 0 aromatic heterocycles. The first kappa shape index (κ1) is 18.6. The molecular formula is C15H21FN2O5S2. The minimum atomic E-state index is -3.47. The molecule has 1 aromatic rings. The molecule has 3 rings (SSSR count). The van der Waals surface area contributed by atoms with Crippen LogP contribution in [-0.2, 0) is 26.4 Å². The van der Waals surface area contributed by atoms with Crippen LogP contribution >= 0.6 is 0 Å². The quantitative estimate of drug-likeness (QED) is 0.722. The van der Waals surface area contributed by atoms with Crippen LogP contribution in [0, 0.1) is 5.82 Å². The van der Waals surface area contributed by atoms with Crippen LogP contribution in [-0.4, -0.2) is 76.1 Å². The minimum Gasteiger partial charge on any atom is -0.494 e. The molecule has 0 amide bonds. The Balaban J connectivity index is 1.86. The second-order valence-corrected chi connectivity index (χ2v) is 10.6. The van der Waals surface area contributed by atoms with E-state index in [4.69, 9.17) is 4.74 Å². The lowest BCUT2D eigenvalue weighted by molar-refractivity contribution is 0.0894. The third-order valence-corrected chi connectivity index (χ3v) is 7.77. The monoisotopic (exact) mass is 392 g/mol. The Morgan fingerprint density at radius 3 is 2.56 bits per heavy atom. The fourth-order valence-electron chi connectivity index (χ4n) is 3.64. The molecule has 2 aliphatic heterocycles. The maximum atomic E-state index is 13.6. The predicted octanol–water partition coefficient (Wildman–Crippen LogP) is 0.0771. The number of piperazine rings is 1. The molecule has 0 saturated carbocycles. The van der Waals surface area contributed by atoms with Crippen molar-refractivity contribution < 1.29 is 26.0 Å². The van der Waals surface area contributed by atoms with Crippen LogP contribution < -0.4 is 4.74 Å². The predicted molar refractivity (Wildman–Crippen MR) is 91.1 cm³/mol. The van der Waals surface area contributed by atoms with Gasteiger partial charge in [-0.15, -0.1) is 0 Å². The van der Waals surface area contributed by atoms with Crippen molar-refractivity contribution in [1.82, 2.24) is 9.21 Å². The van der Waals surface area contributed by atoms with E-state index in [9.17, 15) is 21.2 Å². The molecule has 0 radical (unpaired) electrons. The molecule has 2 saturated heterocycles. The molecule has 25 heavy (non-hydrogen) atoms. The van der Waals surface area contributed by atoms with Crippen molar-refractivity contribution in [1.29, 1.82) is 0 Å². The van der Waals surface area contributed by atoms with Crippen LogP contribution in [0.5, 0.6) is 5.75 Å². The van der Waals surface area contributed by atoms with Crippen molar-refractivity contribution in [2.75, 3.05) is 38.0 Å². The van der Waals surface area contributed by atoms with E-state index in [-0.39, 0.29) is 23.8 Å². The highest BCUT2D eigenvalue weighted by Gasteiger charge is 2.49. The van der Waals surface area contributed by atoms with Gasteiger partial charge in [0.2, 0.25) is 10.0 Å². The van der Waals surface area contributed by atoms with Crippen molar-refractivity contribution in [2.45, 2.75) is 18.6 Å². The van der Waals surface area contributed by atoms with Gasteiger partial charge >= 0.3 is 0 Å². The molecule has 2 atom stereocenters. The second-order valence-electron chi connectivity index (χ2n) is 6.52. The maximum absolute atomic E-state index is 13.6. The SMILES string of the molecule is COc1cc(CN2CCN(S(C)(=O)=O)[C@@H]3CS(=O)(=O)C[C@@H]32)ccc1F. The number of hydrogen-bond donors (Lipinski definition) is 0. The van der Waals surface area contributed by atoms with E-state index in [0.29, 0.717) is 13.1 Å². The molecule has 0 unspecified atom stereocenters. The van der Waals surface area contributed by atoms with E-state index in [1.807, 2.05) is 4.90 Å². The normalized spacial score (nSPS) is 27.2. The standard InChI is InChI=1S/C15H21FN2O5S2/c1-23-15-7-11(3-4-12(15)16)8-17-5-6-18(24(2,19)20)14-10-25(21,22)9-13(14)17/h3-4,7,13-14H,5-6,8-10H2,1-2H3/t13-,14+/m0/s1. The average molecular weight is 392 g/mol. The van der Waals surface area contributed by atoms with Crippen LogP contribution in [0.3, 0.4) is 0 Å². The largest absolute Gasteiger partial charge is 0.494 e. The highest BCUT2D eigenvalue weighted by atomic mass is 32.2. The van der Waals surface area contributed by atoms with E-state index in [1.165, 1.54) is 17.5 Å². The van der Waals surface area contributed by atoms with E-state index in [0.717, 1.165) is 11.8 Å². The Morgan fingerprint density at radius 1 is 1.24 bits per heavy atom. The van der Waals surface area contributed by atoms with Gasteiger partial charge in [-0.1, -0.05) is 6.07 Å². The number of fused-ring (bicyclic) bond motifs is 1. The Morgan fingerprint density at radius 2 is 1.92 bits per heavy atom. The lowest BCUT2D eigenvalue weighted by Crippen LogP contribution is -2.59. The summed E-state index contributed by atoms with van der Waals surface area (Å²) in [5, 5.41) is 0. The molecule has 2 heterocycles. The highest BCUT2D eigenvalue weighted by Crippen LogP contribution is 2.30. The van der Waals surface area contributed by atoms with E-state index < -0.39 is 37.8 Å². The molecule has 140 valence electrons. The summed E-state index contributed by atoms with van der Waals surface area (Å²) in [7, 11) is -5.39. The molecule has 2 aliphatic rings. The van der Waals surface area contributed by atoms with Gasteiger partial charge in [0, 0.05) is 25.7 Å². The maximum Gasteiger partial charge on any atom is 0.211 e. The third-order valence-electron chi connectivity index (χ3n) is 4.77. The first-order valence-electron chi connectivity index (χ1n) is 7.84. The number of benzene rings is 1. The Bertz CT molecular complexity index is 872. The summed E-state index contributed by atoms with van der Waals surface area (Å²) >= 11 is 0. The van der Waals surface area contributed by atoms with Crippen LogP contribution in [0.25, 0.3) is 0 Å². The number of hydrogen-bond acceptors (Lipinski definition) is 6. The topological polar surface area (TPSA) is 84.0 Å². The second kappa shape index (κ2) is 6.49. The number of ether oxygens (including phenoxy) is 1. The van der Waals surface area contributed by atoms with E-state index >= 15 is 0 Å². The molecule has 0 spiro atoms. The molecular weight excluding hydrogens is 371 g/mol. The van der Waals surface area contributed by atoms with Crippen molar-refractivity contribution >= 4 is 19.9 Å². The minimum absolute atomic E-state index is 0.0674. The zero-order chi connectivity index (χ0) is 18.4. The summed E-state index contributed by atoms with van der Waals surface area (Å²) in [6.45, 7) is 1.07. The van der Waals surface area contributed by atoms with Crippen molar-refractivity contribution in [2.24, 2.45) is 0 Å². The van der Waals surface area contributed by atoms with Crippen molar-refractivity contribution in [3.05, 3.63) is 29.6 Å². The number of nitrogens with zero attached hydrogens (tertiary/aromatic N) is 2. The molecule has 1 aromatic carbocycles. The van der Waals surface area contributed by atoms with Crippen LogP contribution in [0.4, 0.5) is 4.39 Å². The van der Waals surface area contributed by atoms with Gasteiger partial charge in [0.1, 0.15) is 0 Å². The van der Waals surface area contributed by atoms with Gasteiger partial charge in [-0.2, -0.15) is 4.31 Å². The Hall–Kier alpha value is -1.23. The Labute approximate surface area is 147 Å². The van der Waals surface area contributed by atoms with Gasteiger partial charge in [-0.05, 0) is 17.7 Å². The first-order chi connectivity index (χ1) is 11.6. The molecule has 0 bridgehead atoms. The molecule has 0 aliphatic carbocycles. The lowest BCUT2D eigenvalue weighted by Gasteiger charge is -2.42. The van der Waals surface area contributed by atoms with Gasteiger partial charge in [0.25, 0.3) is 0 Å². The number of sulfone groups is 1. The molecule has 2 fully saturated rings. The average Bonchev–Trinajstić information content (AvgIpc) is 2.83. The molecule has 10 heteroatoms. The van der Waals surface area contributed by atoms with Crippen molar-refractivity contribution in [3.8, 4) is 5.75 Å². The van der Waals surface area contributed by atoms with Gasteiger partial charge in [0.15, 0.2) is 21.4 Å². The molecule has 0 N–H and O–H groups in total. The highest BCUT2D eigenvalue weighted by molar-refractivity contribution is 7.92. The summed E-state index contributed by atoms with van der Waals surface area (Å²) in [4.78, 5) is 1.96. The van der Waals surface area contributed by atoms with Crippen molar-refractivity contribution in [3.63, 3.8) is 0 Å². The fourth-order valence-corrected chi connectivity index (χ4v) is 6.86. The van der Waals surface area contributed by atoms with Gasteiger partial charge in [-0.3, -0.25) is 4.90 Å². The van der Waals surface area contributed by atoms with Gasteiger partial charge in [-0.25, -0.2) is 21.2 Å². The summed E-state index contributed by atoms with van der Waals surface area (Å²) in [6.07, 6.45) is 1.11. The zero-order valence-corrected chi connectivity index (χ0v) is 15.7. The lowest BCUT2D eigenvalue weighted by atomic mass is 10.1. The number of rotatable bonds is 4. The zero-order valence-electron chi connectivity index (χ0n) is 14.1. The van der Waals surface area contributed by atoms with Gasteiger partial charge in [0.05, 0.1) is 30.9 Å². The van der Waals surface area contributed by atoms with Gasteiger partial charge < -0.3 is 4.74 Å². The summed E-state index contributed by atoms with van der Waals surface area (Å²) < 4.78 is 68.0. The number of sulfonamides is 1. The first-order valence-corrected chi connectivity index (χ1v) is 11.5. The van der Waals surface area contributed by atoms with Crippen LogP contribution in [0.2, 0.25) is 0 Å². The summed E-state index contributed by atoms with van der Waals surface area (Å²) in [5.41, 5.74) is 0.786. The van der Waals surface area contributed by atoms with E-state index in [1.54, 1.807) is 12.1 Å². The summed E-state index contributed by atoms with van der Waals surface area (Å²) in [6, 6.07) is 3.54. The molecule has 7 nitrogen and oxygen atoms in total.